The lowest BCUT2D eigenvalue weighted by Crippen LogP contribution is -2.00. The third kappa shape index (κ3) is 5.47. The number of rotatable bonds is 7. The largest absolute Gasteiger partial charge is 0.295 e. The topological polar surface area (TPSA) is 79.1 Å². The third-order valence-electron chi connectivity index (χ3n) is 4.34. The van der Waals surface area contributed by atoms with Crippen molar-refractivity contribution in [3.05, 3.63) is 95.6 Å². The Hall–Kier alpha value is -3.61. The summed E-state index contributed by atoms with van der Waals surface area (Å²) in [5.41, 5.74) is 4.22. The molecular weight excluding hydrogens is 396 g/mol. The SMILES string of the molecule is C=Cc1ccc(/C=N/c2ccc(/C=C/c3ccc(N=C)cc3)c(S(=O)(=O)O)c2)cc1. The van der Waals surface area contributed by atoms with Crippen LogP contribution in [0.1, 0.15) is 22.3 Å². The summed E-state index contributed by atoms with van der Waals surface area (Å²) < 4.78 is 33.4. The summed E-state index contributed by atoms with van der Waals surface area (Å²) in [6.07, 6.45) is 6.75. The van der Waals surface area contributed by atoms with Gasteiger partial charge in [-0.25, -0.2) is 0 Å². The maximum atomic E-state index is 11.9. The van der Waals surface area contributed by atoms with E-state index in [4.69, 9.17) is 0 Å². The zero-order valence-corrected chi connectivity index (χ0v) is 17.0. The molecule has 150 valence electrons. The van der Waals surface area contributed by atoms with Gasteiger partial charge in [0.1, 0.15) is 4.90 Å². The first-order chi connectivity index (χ1) is 14.4. The predicted molar refractivity (Wildman–Crippen MR) is 125 cm³/mol. The first kappa shape index (κ1) is 21.1. The lowest BCUT2D eigenvalue weighted by Gasteiger charge is -2.05. The molecule has 3 rings (SSSR count). The summed E-state index contributed by atoms with van der Waals surface area (Å²) in [6, 6.07) is 19.5. The second kappa shape index (κ2) is 9.26. The van der Waals surface area contributed by atoms with Crippen LogP contribution in [0, 0.1) is 0 Å². The highest BCUT2D eigenvalue weighted by molar-refractivity contribution is 7.86. The molecule has 0 spiro atoms. The molecule has 0 heterocycles. The highest BCUT2D eigenvalue weighted by Crippen LogP contribution is 2.25. The fourth-order valence-corrected chi connectivity index (χ4v) is 3.41. The van der Waals surface area contributed by atoms with Crippen LogP contribution in [0.4, 0.5) is 11.4 Å². The molecule has 0 bridgehead atoms. The molecule has 0 fully saturated rings. The quantitative estimate of drug-likeness (QED) is 0.299. The average molecular weight is 417 g/mol. The zero-order valence-electron chi connectivity index (χ0n) is 16.1. The van der Waals surface area contributed by atoms with E-state index < -0.39 is 10.1 Å². The Kier molecular flexibility index (Phi) is 6.51. The maximum Gasteiger partial charge on any atom is 0.295 e. The van der Waals surface area contributed by atoms with Crippen LogP contribution in [0.2, 0.25) is 0 Å². The van der Waals surface area contributed by atoms with Gasteiger partial charge in [-0.15, -0.1) is 0 Å². The van der Waals surface area contributed by atoms with Crippen molar-refractivity contribution in [2.24, 2.45) is 9.98 Å². The van der Waals surface area contributed by atoms with Gasteiger partial charge in [-0.05, 0) is 53.2 Å². The van der Waals surface area contributed by atoms with Crippen LogP contribution in [0.5, 0.6) is 0 Å². The Morgan fingerprint density at radius 1 is 0.800 bits per heavy atom. The third-order valence-corrected chi connectivity index (χ3v) is 5.25. The Morgan fingerprint density at radius 2 is 1.40 bits per heavy atom. The van der Waals surface area contributed by atoms with Crippen molar-refractivity contribution in [1.82, 2.24) is 0 Å². The van der Waals surface area contributed by atoms with Gasteiger partial charge in [-0.3, -0.25) is 14.5 Å². The zero-order chi connectivity index (χ0) is 21.6. The first-order valence-corrected chi connectivity index (χ1v) is 10.5. The number of aliphatic imine (C=N–C) groups is 2. The number of hydrogen-bond acceptors (Lipinski definition) is 4. The molecule has 0 atom stereocenters. The second-order valence-electron chi connectivity index (χ2n) is 6.41. The number of benzene rings is 3. The Bertz CT molecular complexity index is 1220. The van der Waals surface area contributed by atoms with E-state index in [9.17, 15) is 13.0 Å². The van der Waals surface area contributed by atoms with Crippen LogP contribution in [-0.2, 0) is 10.1 Å². The minimum atomic E-state index is -4.42. The molecule has 3 aromatic carbocycles. The molecular formula is C24H20N2O3S. The molecule has 0 aromatic heterocycles. The lowest BCUT2D eigenvalue weighted by atomic mass is 10.1. The summed E-state index contributed by atoms with van der Waals surface area (Å²) >= 11 is 0. The summed E-state index contributed by atoms with van der Waals surface area (Å²) in [5.74, 6) is 0. The van der Waals surface area contributed by atoms with Crippen molar-refractivity contribution in [3.8, 4) is 0 Å². The van der Waals surface area contributed by atoms with Gasteiger partial charge in [0.2, 0.25) is 0 Å². The van der Waals surface area contributed by atoms with Crippen molar-refractivity contribution in [1.29, 1.82) is 0 Å². The smallest absolute Gasteiger partial charge is 0.282 e. The van der Waals surface area contributed by atoms with Gasteiger partial charge in [-0.2, -0.15) is 8.42 Å². The van der Waals surface area contributed by atoms with Crippen LogP contribution in [-0.4, -0.2) is 25.9 Å². The molecule has 0 saturated carbocycles. The molecule has 1 N–H and O–H groups in total. The van der Waals surface area contributed by atoms with E-state index in [0.717, 1.165) is 22.4 Å². The van der Waals surface area contributed by atoms with E-state index in [2.05, 4.69) is 23.3 Å². The fourth-order valence-electron chi connectivity index (χ4n) is 2.71. The van der Waals surface area contributed by atoms with E-state index in [1.54, 1.807) is 48.7 Å². The van der Waals surface area contributed by atoms with E-state index in [1.165, 1.54) is 6.07 Å². The minimum Gasteiger partial charge on any atom is -0.282 e. The second-order valence-corrected chi connectivity index (χ2v) is 7.80. The molecule has 0 saturated heterocycles. The van der Waals surface area contributed by atoms with Gasteiger partial charge in [0, 0.05) is 6.21 Å². The first-order valence-electron chi connectivity index (χ1n) is 9.02. The Labute approximate surface area is 176 Å². The summed E-state index contributed by atoms with van der Waals surface area (Å²) in [6.45, 7) is 7.18. The maximum absolute atomic E-state index is 11.9. The summed E-state index contributed by atoms with van der Waals surface area (Å²) in [7, 11) is -4.42. The lowest BCUT2D eigenvalue weighted by molar-refractivity contribution is 0.483. The van der Waals surface area contributed by atoms with Crippen LogP contribution in [0.25, 0.3) is 18.2 Å². The van der Waals surface area contributed by atoms with Gasteiger partial charge in [-0.1, -0.05) is 67.3 Å². The van der Waals surface area contributed by atoms with Gasteiger partial charge in [0.15, 0.2) is 0 Å². The van der Waals surface area contributed by atoms with Gasteiger partial charge >= 0.3 is 0 Å². The van der Waals surface area contributed by atoms with Crippen LogP contribution < -0.4 is 0 Å². The number of nitrogens with zero attached hydrogens (tertiary/aromatic N) is 2. The van der Waals surface area contributed by atoms with E-state index in [1.807, 2.05) is 36.4 Å². The van der Waals surface area contributed by atoms with Gasteiger partial charge < -0.3 is 0 Å². The average Bonchev–Trinajstić information content (AvgIpc) is 2.76. The molecule has 30 heavy (non-hydrogen) atoms. The molecule has 3 aromatic rings. The van der Waals surface area contributed by atoms with Crippen molar-refractivity contribution in [3.63, 3.8) is 0 Å². The van der Waals surface area contributed by atoms with Gasteiger partial charge in [0.05, 0.1) is 11.4 Å². The molecule has 0 aliphatic heterocycles. The predicted octanol–water partition coefficient (Wildman–Crippen LogP) is 5.83. The van der Waals surface area contributed by atoms with E-state index in [-0.39, 0.29) is 4.90 Å². The molecule has 0 aliphatic carbocycles. The highest BCUT2D eigenvalue weighted by Gasteiger charge is 2.14. The molecule has 0 radical (unpaired) electrons. The summed E-state index contributed by atoms with van der Waals surface area (Å²) in [4.78, 5) is 7.94. The fraction of sp³-hybridized carbons (Fsp3) is 0. The molecule has 0 aliphatic rings. The van der Waals surface area contributed by atoms with Crippen LogP contribution in [0.3, 0.4) is 0 Å². The molecule has 5 nitrogen and oxygen atoms in total. The van der Waals surface area contributed by atoms with Crippen LogP contribution >= 0.6 is 0 Å². The van der Waals surface area contributed by atoms with E-state index in [0.29, 0.717) is 11.3 Å². The van der Waals surface area contributed by atoms with Crippen molar-refractivity contribution < 1.29 is 13.0 Å². The van der Waals surface area contributed by atoms with Crippen LogP contribution in [0.15, 0.2) is 88.2 Å². The van der Waals surface area contributed by atoms with Gasteiger partial charge in [0.25, 0.3) is 10.1 Å². The minimum absolute atomic E-state index is 0.209. The van der Waals surface area contributed by atoms with Crippen molar-refractivity contribution in [2.75, 3.05) is 0 Å². The molecule has 0 amide bonds. The number of hydrogen-bond donors (Lipinski definition) is 1. The standard InChI is InChI=1S/C24H20N2O3S/c1-3-18-4-6-20(7-5-18)17-26-23-15-12-21(24(16-23)30(27,28)29)11-8-19-9-13-22(25-2)14-10-19/h3-17H,1-2H2,(H,27,28,29)/b11-8+,26-17+. The Balaban J connectivity index is 1.89. The Morgan fingerprint density at radius 3 is 2.00 bits per heavy atom. The highest BCUT2D eigenvalue weighted by atomic mass is 32.2. The normalized spacial score (nSPS) is 11.8. The summed E-state index contributed by atoms with van der Waals surface area (Å²) in [5, 5.41) is 0. The van der Waals surface area contributed by atoms with Crippen molar-refractivity contribution in [2.45, 2.75) is 4.90 Å². The van der Waals surface area contributed by atoms with Crippen molar-refractivity contribution >= 4 is 52.7 Å². The molecule has 6 heteroatoms. The van der Waals surface area contributed by atoms with E-state index >= 15 is 0 Å². The monoisotopic (exact) mass is 416 g/mol. The molecule has 0 unspecified atom stereocenters.